The smallest absolute Gasteiger partial charge is 0.235 e. The SMILES string of the molecule is C=CCn1c(Cc2ccc(OC)cc2)nnc1SCC(=O)Nc1sc2c(c1C#N)CCCCCC2. The molecule has 1 N–H and O–H groups in total. The molecule has 182 valence electrons. The molecule has 4 rings (SSSR count). The molecule has 0 bridgehead atoms. The van der Waals surface area contributed by atoms with Crippen LogP contribution in [0.2, 0.25) is 0 Å². The molecule has 2 aromatic heterocycles. The van der Waals surface area contributed by atoms with Crippen molar-refractivity contribution in [1.29, 1.82) is 5.26 Å². The van der Waals surface area contributed by atoms with Crippen LogP contribution in [0.25, 0.3) is 0 Å². The number of amides is 1. The van der Waals surface area contributed by atoms with Gasteiger partial charge in [-0.15, -0.1) is 28.1 Å². The van der Waals surface area contributed by atoms with Gasteiger partial charge in [-0.1, -0.05) is 42.8 Å². The minimum atomic E-state index is -0.148. The summed E-state index contributed by atoms with van der Waals surface area (Å²) in [4.78, 5) is 14.1. The van der Waals surface area contributed by atoms with E-state index in [2.05, 4.69) is 28.2 Å². The summed E-state index contributed by atoms with van der Waals surface area (Å²) in [5, 5.41) is 22.8. The van der Waals surface area contributed by atoms with Crippen LogP contribution >= 0.6 is 23.1 Å². The summed E-state index contributed by atoms with van der Waals surface area (Å²) in [5.74, 6) is 1.65. The maximum atomic E-state index is 12.8. The molecule has 3 aromatic rings. The van der Waals surface area contributed by atoms with Crippen LogP contribution in [0.15, 0.2) is 42.1 Å². The number of hydrogen-bond acceptors (Lipinski definition) is 7. The molecule has 1 aromatic carbocycles. The van der Waals surface area contributed by atoms with Crippen LogP contribution in [0.1, 0.15) is 53.1 Å². The molecule has 2 heterocycles. The third-order valence-corrected chi connectivity index (χ3v) is 8.17. The number of carbonyl (C=O) groups is 1. The monoisotopic (exact) mass is 507 g/mol. The summed E-state index contributed by atoms with van der Waals surface area (Å²) in [7, 11) is 1.64. The fraction of sp³-hybridized carbons (Fsp3) is 0.385. The second-order valence-electron chi connectivity index (χ2n) is 8.39. The lowest BCUT2D eigenvalue weighted by molar-refractivity contribution is -0.113. The zero-order valence-corrected chi connectivity index (χ0v) is 21.5. The molecule has 0 aliphatic heterocycles. The maximum absolute atomic E-state index is 12.8. The average molecular weight is 508 g/mol. The molecule has 35 heavy (non-hydrogen) atoms. The Balaban J connectivity index is 1.43. The van der Waals surface area contributed by atoms with E-state index >= 15 is 0 Å². The Morgan fingerprint density at radius 3 is 2.74 bits per heavy atom. The normalized spacial score (nSPS) is 13.3. The summed E-state index contributed by atoms with van der Waals surface area (Å²) in [6.45, 7) is 4.41. The van der Waals surface area contributed by atoms with Gasteiger partial charge in [0.25, 0.3) is 0 Å². The number of anilines is 1. The number of allylic oxidation sites excluding steroid dienone is 1. The molecule has 1 aliphatic carbocycles. The summed E-state index contributed by atoms with van der Waals surface area (Å²) in [5.41, 5.74) is 2.87. The zero-order valence-electron chi connectivity index (χ0n) is 19.9. The Hall–Kier alpha value is -3.09. The highest BCUT2D eigenvalue weighted by Gasteiger charge is 2.21. The Labute approximate surface area is 214 Å². The van der Waals surface area contributed by atoms with Crippen molar-refractivity contribution < 1.29 is 9.53 Å². The third kappa shape index (κ3) is 6.13. The van der Waals surface area contributed by atoms with E-state index in [1.807, 2.05) is 28.8 Å². The molecular formula is C26H29N5O2S2. The largest absolute Gasteiger partial charge is 0.497 e. The minimum absolute atomic E-state index is 0.148. The molecule has 0 unspecified atom stereocenters. The number of rotatable bonds is 9. The van der Waals surface area contributed by atoms with Crippen LogP contribution < -0.4 is 10.1 Å². The molecule has 0 radical (unpaired) electrons. The van der Waals surface area contributed by atoms with Gasteiger partial charge in [-0.05, 0) is 48.9 Å². The van der Waals surface area contributed by atoms with Crippen molar-refractivity contribution >= 4 is 34.0 Å². The van der Waals surface area contributed by atoms with Crippen molar-refractivity contribution in [3.05, 3.63) is 64.3 Å². The lowest BCUT2D eigenvalue weighted by Gasteiger charge is -2.09. The Bertz CT molecular complexity index is 1220. The van der Waals surface area contributed by atoms with E-state index in [0.717, 1.165) is 48.4 Å². The summed E-state index contributed by atoms with van der Waals surface area (Å²) >= 11 is 2.90. The molecule has 9 heteroatoms. The number of nitrogens with one attached hydrogen (secondary N) is 1. The van der Waals surface area contributed by atoms with E-state index in [9.17, 15) is 10.1 Å². The first-order valence-corrected chi connectivity index (χ1v) is 13.6. The van der Waals surface area contributed by atoms with Crippen LogP contribution in [-0.2, 0) is 30.6 Å². The predicted octanol–water partition coefficient (Wildman–Crippen LogP) is 5.39. The van der Waals surface area contributed by atoms with Crippen molar-refractivity contribution in [3.63, 3.8) is 0 Å². The maximum Gasteiger partial charge on any atom is 0.235 e. The van der Waals surface area contributed by atoms with E-state index < -0.39 is 0 Å². The number of aromatic nitrogens is 3. The van der Waals surface area contributed by atoms with Gasteiger partial charge in [-0.25, -0.2) is 0 Å². The van der Waals surface area contributed by atoms with Gasteiger partial charge < -0.3 is 14.6 Å². The van der Waals surface area contributed by atoms with Crippen molar-refractivity contribution in [1.82, 2.24) is 14.8 Å². The number of hydrogen-bond donors (Lipinski definition) is 1. The number of nitrogens with zero attached hydrogens (tertiary/aromatic N) is 4. The molecule has 0 fully saturated rings. The standard InChI is InChI=1S/C26H29N5O2S2/c1-3-14-31-23(15-18-10-12-19(33-2)13-11-18)29-30-26(31)34-17-24(32)28-25-21(16-27)20-8-6-4-5-7-9-22(20)35-25/h3,10-13H,1,4-9,14-15,17H2,2H3,(H,28,32). The number of thiophene rings is 1. The Morgan fingerprint density at radius 2 is 2.03 bits per heavy atom. The molecule has 0 saturated carbocycles. The lowest BCUT2D eigenvalue weighted by Crippen LogP contribution is -2.15. The first-order chi connectivity index (χ1) is 17.1. The second kappa shape index (κ2) is 12.0. The number of fused-ring (bicyclic) bond motifs is 1. The van der Waals surface area contributed by atoms with Crippen LogP contribution in [0.4, 0.5) is 5.00 Å². The summed E-state index contributed by atoms with van der Waals surface area (Å²) in [6, 6.07) is 10.2. The highest BCUT2D eigenvalue weighted by Crippen LogP contribution is 2.36. The highest BCUT2D eigenvalue weighted by atomic mass is 32.2. The first kappa shape index (κ1) is 25.0. The van der Waals surface area contributed by atoms with E-state index in [1.165, 1.54) is 29.5 Å². The van der Waals surface area contributed by atoms with Gasteiger partial charge in [-0.3, -0.25) is 4.79 Å². The van der Waals surface area contributed by atoms with Gasteiger partial charge in [-0.2, -0.15) is 5.26 Å². The van der Waals surface area contributed by atoms with Crippen molar-refractivity contribution in [2.75, 3.05) is 18.2 Å². The molecule has 0 saturated heterocycles. The number of nitriles is 1. The quantitative estimate of drug-likeness (QED) is 0.308. The van der Waals surface area contributed by atoms with Crippen molar-refractivity contribution in [2.24, 2.45) is 0 Å². The number of methoxy groups -OCH3 is 1. The molecular weight excluding hydrogens is 478 g/mol. The van der Waals surface area contributed by atoms with Crippen LogP contribution in [0.3, 0.4) is 0 Å². The fourth-order valence-electron chi connectivity index (χ4n) is 4.21. The molecule has 1 aliphatic rings. The summed E-state index contributed by atoms with van der Waals surface area (Å²) in [6.07, 6.45) is 8.98. The first-order valence-electron chi connectivity index (χ1n) is 11.8. The van der Waals surface area contributed by atoms with Crippen molar-refractivity contribution in [2.45, 2.75) is 56.6 Å². The molecule has 0 atom stereocenters. The van der Waals surface area contributed by atoms with Crippen LogP contribution in [0.5, 0.6) is 5.75 Å². The van der Waals surface area contributed by atoms with Gasteiger partial charge in [0.05, 0.1) is 18.4 Å². The second-order valence-corrected chi connectivity index (χ2v) is 10.4. The molecule has 1 amide bonds. The van der Waals surface area contributed by atoms with Crippen LogP contribution in [-0.4, -0.2) is 33.5 Å². The van der Waals surface area contributed by atoms with Crippen LogP contribution in [0, 0.1) is 11.3 Å². The Kier molecular flexibility index (Phi) is 8.61. The number of aryl methyl sites for hydroxylation is 1. The Morgan fingerprint density at radius 1 is 1.26 bits per heavy atom. The number of thioether (sulfide) groups is 1. The van der Waals surface area contributed by atoms with Gasteiger partial charge in [0.2, 0.25) is 5.91 Å². The molecule has 0 spiro atoms. The van der Waals surface area contributed by atoms with Gasteiger partial charge in [0.1, 0.15) is 22.6 Å². The van der Waals surface area contributed by atoms with Gasteiger partial charge >= 0.3 is 0 Å². The van der Waals surface area contributed by atoms with E-state index in [4.69, 9.17) is 4.74 Å². The topological polar surface area (TPSA) is 92.8 Å². The predicted molar refractivity (Wildman–Crippen MR) is 140 cm³/mol. The number of benzene rings is 1. The van der Waals surface area contributed by atoms with E-state index in [0.29, 0.717) is 28.7 Å². The van der Waals surface area contributed by atoms with Gasteiger partial charge in [0, 0.05) is 17.8 Å². The van der Waals surface area contributed by atoms with E-state index in [1.54, 1.807) is 24.5 Å². The summed E-state index contributed by atoms with van der Waals surface area (Å²) < 4.78 is 7.21. The molecule has 7 nitrogen and oxygen atoms in total. The fourth-order valence-corrected chi connectivity index (χ4v) is 6.24. The van der Waals surface area contributed by atoms with Gasteiger partial charge in [0.15, 0.2) is 5.16 Å². The van der Waals surface area contributed by atoms with Crippen molar-refractivity contribution in [3.8, 4) is 11.8 Å². The third-order valence-electron chi connectivity index (χ3n) is 5.99. The average Bonchev–Trinajstić information content (AvgIpc) is 3.38. The highest BCUT2D eigenvalue weighted by molar-refractivity contribution is 7.99. The zero-order chi connectivity index (χ0) is 24.6. The number of carbonyl (C=O) groups excluding carboxylic acids is 1. The number of ether oxygens (including phenoxy) is 1. The van der Waals surface area contributed by atoms with E-state index in [-0.39, 0.29) is 11.7 Å². The lowest BCUT2D eigenvalue weighted by atomic mass is 9.97. The minimum Gasteiger partial charge on any atom is -0.497 e.